The number of rotatable bonds is 18. The molecule has 53 heavy (non-hydrogen) atoms. The molecule has 3 fully saturated rings. The second-order valence-electron chi connectivity index (χ2n) is 14.6. The number of benzene rings is 2. The number of ether oxygens (including phenoxy) is 3. The van der Waals surface area contributed by atoms with Crippen LogP contribution in [-0.4, -0.2) is 90.4 Å². The van der Waals surface area contributed by atoms with Crippen molar-refractivity contribution < 1.29 is 38.5 Å². The van der Waals surface area contributed by atoms with Gasteiger partial charge >= 0.3 is 5.97 Å². The van der Waals surface area contributed by atoms with Crippen molar-refractivity contribution in [1.82, 2.24) is 10.2 Å². The number of aliphatic hydroxyl groups excluding tert-OH is 1. The molecule has 11 nitrogen and oxygen atoms in total. The SMILES string of the molecule is C=CCCC(=O)N[C@@H](COC)[C@@H](OC(=O)[C@@H]1[C@@H]2CC[C@]3(O2)[C@H](C(=O)N(CC=C)c2c(C)cccc2C)N([C@@H](CO)[C@@H](C)CC)C(=O)[C@@H]13)c1ccccc1. The zero-order valence-corrected chi connectivity index (χ0v) is 31.7. The summed E-state index contributed by atoms with van der Waals surface area (Å²) < 4.78 is 18.6. The number of carbonyl (C=O) groups is 4. The summed E-state index contributed by atoms with van der Waals surface area (Å²) in [5.74, 6) is -3.86. The van der Waals surface area contributed by atoms with Gasteiger partial charge in [0.25, 0.3) is 5.91 Å². The number of aliphatic hydroxyl groups is 1. The minimum absolute atomic E-state index is 0.0540. The molecule has 9 atom stereocenters. The Morgan fingerprint density at radius 1 is 1.11 bits per heavy atom. The van der Waals surface area contributed by atoms with Gasteiger partial charge < -0.3 is 34.4 Å². The predicted molar refractivity (Wildman–Crippen MR) is 202 cm³/mol. The fourth-order valence-corrected chi connectivity index (χ4v) is 8.73. The zero-order chi connectivity index (χ0) is 38.4. The number of methoxy groups -OCH3 is 1. The number of para-hydroxylation sites is 1. The summed E-state index contributed by atoms with van der Waals surface area (Å²) >= 11 is 0. The van der Waals surface area contributed by atoms with Gasteiger partial charge in [-0.05, 0) is 55.7 Å². The molecule has 3 aliphatic heterocycles. The van der Waals surface area contributed by atoms with E-state index in [0.29, 0.717) is 31.2 Å². The third kappa shape index (κ3) is 7.57. The van der Waals surface area contributed by atoms with Crippen LogP contribution in [0.5, 0.6) is 0 Å². The smallest absolute Gasteiger partial charge is 0.313 e. The monoisotopic (exact) mass is 729 g/mol. The summed E-state index contributed by atoms with van der Waals surface area (Å²) in [5.41, 5.74) is 1.81. The molecular weight excluding hydrogens is 674 g/mol. The molecule has 0 aliphatic carbocycles. The van der Waals surface area contributed by atoms with Gasteiger partial charge in [0.05, 0.1) is 43.2 Å². The number of nitrogens with zero attached hydrogens (tertiary/aromatic N) is 2. The van der Waals surface area contributed by atoms with Crippen molar-refractivity contribution in [3.8, 4) is 0 Å². The van der Waals surface area contributed by atoms with Crippen LogP contribution in [0.15, 0.2) is 73.8 Å². The van der Waals surface area contributed by atoms with E-state index >= 15 is 4.79 Å². The van der Waals surface area contributed by atoms with Gasteiger partial charge in [-0.25, -0.2) is 0 Å². The Morgan fingerprint density at radius 2 is 1.81 bits per heavy atom. The predicted octanol–water partition coefficient (Wildman–Crippen LogP) is 4.99. The molecule has 11 heteroatoms. The van der Waals surface area contributed by atoms with E-state index in [0.717, 1.165) is 16.8 Å². The maximum absolute atomic E-state index is 15.2. The lowest BCUT2D eigenvalue weighted by atomic mass is 9.70. The highest BCUT2D eigenvalue weighted by Gasteiger charge is 2.76. The van der Waals surface area contributed by atoms with Crippen molar-refractivity contribution >= 4 is 29.4 Å². The molecule has 3 saturated heterocycles. The third-order valence-corrected chi connectivity index (χ3v) is 11.4. The summed E-state index contributed by atoms with van der Waals surface area (Å²) in [5, 5.41) is 13.8. The van der Waals surface area contributed by atoms with Gasteiger partial charge in [-0.3, -0.25) is 19.2 Å². The van der Waals surface area contributed by atoms with E-state index in [1.54, 1.807) is 17.1 Å². The van der Waals surface area contributed by atoms with E-state index < -0.39 is 59.6 Å². The Labute approximate surface area is 313 Å². The number of amides is 3. The quantitative estimate of drug-likeness (QED) is 0.162. The molecular formula is C42H55N3O8. The molecule has 0 saturated carbocycles. The fourth-order valence-electron chi connectivity index (χ4n) is 8.73. The Bertz CT molecular complexity index is 1640. The molecule has 0 radical (unpaired) electrons. The van der Waals surface area contributed by atoms with Crippen LogP contribution >= 0.6 is 0 Å². The maximum atomic E-state index is 15.2. The number of esters is 1. The first-order valence-corrected chi connectivity index (χ1v) is 18.7. The van der Waals surface area contributed by atoms with Gasteiger partial charge in [0, 0.05) is 25.8 Å². The van der Waals surface area contributed by atoms with Gasteiger partial charge in [-0.15, -0.1) is 13.2 Å². The highest BCUT2D eigenvalue weighted by Crippen LogP contribution is 2.60. The molecule has 286 valence electrons. The summed E-state index contributed by atoms with van der Waals surface area (Å²) in [7, 11) is 1.51. The van der Waals surface area contributed by atoms with Crippen molar-refractivity contribution in [2.75, 3.05) is 31.8 Å². The Hall–Kier alpha value is -4.32. The van der Waals surface area contributed by atoms with Crippen LogP contribution in [0, 0.1) is 31.6 Å². The molecule has 2 aromatic rings. The lowest BCUT2D eigenvalue weighted by Gasteiger charge is -2.41. The van der Waals surface area contributed by atoms with Crippen molar-refractivity contribution in [2.24, 2.45) is 17.8 Å². The topological polar surface area (TPSA) is 135 Å². The summed E-state index contributed by atoms with van der Waals surface area (Å²) in [6.07, 6.45) is 3.84. The first-order valence-electron chi connectivity index (χ1n) is 18.7. The van der Waals surface area contributed by atoms with E-state index in [2.05, 4.69) is 18.5 Å². The van der Waals surface area contributed by atoms with Crippen LogP contribution in [0.1, 0.15) is 68.7 Å². The minimum atomic E-state index is -1.33. The highest BCUT2D eigenvalue weighted by atomic mass is 16.6. The van der Waals surface area contributed by atoms with Crippen LogP contribution in [0.3, 0.4) is 0 Å². The van der Waals surface area contributed by atoms with Gasteiger partial charge in [0.1, 0.15) is 17.7 Å². The number of nitrogens with one attached hydrogen (secondary N) is 1. The third-order valence-electron chi connectivity index (χ3n) is 11.4. The standard InChI is InChI=1S/C42H55N3O8/c1-8-11-20-33(47)43-30(25-51-7)37(29-18-13-12-14-19-29)52-41(50)34-32-21-22-42(53-32)35(34)39(48)45(31(24-46)26(4)10-3)38(42)40(49)44(23-9-2)36-27(5)16-15-17-28(36)6/h8-9,12-19,26,30-32,34-35,37-38,46H,1-2,10-11,20-25H2,3-7H3,(H,43,47)/t26-,30-,31-,32-,34+,35+,37-,38-,42+/m0/s1. The normalized spacial score (nSPS) is 25.2. The number of fused-ring (bicyclic) bond motifs is 1. The molecule has 5 rings (SSSR count). The lowest BCUT2D eigenvalue weighted by molar-refractivity contribution is -0.163. The fraction of sp³-hybridized carbons (Fsp3) is 0.524. The molecule has 2 aromatic carbocycles. The van der Waals surface area contributed by atoms with Gasteiger partial charge in [-0.1, -0.05) is 81.0 Å². The molecule has 2 bridgehead atoms. The summed E-state index contributed by atoms with van der Waals surface area (Å²) in [4.78, 5) is 60.9. The molecule has 3 amide bonds. The van der Waals surface area contributed by atoms with Crippen molar-refractivity contribution in [3.05, 3.63) is 90.5 Å². The van der Waals surface area contributed by atoms with Crippen molar-refractivity contribution in [3.63, 3.8) is 0 Å². The average Bonchev–Trinajstić information content (AvgIpc) is 3.80. The maximum Gasteiger partial charge on any atom is 0.313 e. The van der Waals surface area contributed by atoms with E-state index in [9.17, 15) is 19.5 Å². The molecule has 3 aliphatic rings. The van der Waals surface area contributed by atoms with E-state index in [1.807, 2.05) is 76.2 Å². The van der Waals surface area contributed by atoms with E-state index in [-0.39, 0.29) is 43.9 Å². The average molecular weight is 730 g/mol. The second-order valence-corrected chi connectivity index (χ2v) is 14.6. The Morgan fingerprint density at radius 3 is 2.42 bits per heavy atom. The van der Waals surface area contributed by atoms with Crippen LogP contribution < -0.4 is 10.2 Å². The van der Waals surface area contributed by atoms with Crippen LogP contribution in [0.25, 0.3) is 0 Å². The van der Waals surface area contributed by atoms with Crippen molar-refractivity contribution in [2.45, 2.75) is 95.7 Å². The largest absolute Gasteiger partial charge is 0.455 e. The number of aryl methyl sites for hydroxylation is 2. The van der Waals surface area contributed by atoms with Crippen LogP contribution in [0.4, 0.5) is 5.69 Å². The first kappa shape index (κ1) is 39.9. The number of hydrogen-bond donors (Lipinski definition) is 2. The molecule has 0 unspecified atom stereocenters. The lowest BCUT2D eigenvalue weighted by Crippen LogP contribution is -2.60. The summed E-state index contributed by atoms with van der Waals surface area (Å²) in [6, 6.07) is 12.4. The number of likely N-dealkylation sites (tertiary alicyclic amines) is 1. The molecule has 0 aromatic heterocycles. The van der Waals surface area contributed by atoms with Gasteiger partial charge in [0.2, 0.25) is 11.8 Å². The highest BCUT2D eigenvalue weighted by molar-refractivity contribution is 6.05. The second kappa shape index (κ2) is 17.2. The van der Waals surface area contributed by atoms with Gasteiger partial charge in [-0.2, -0.15) is 0 Å². The molecule has 2 N–H and O–H groups in total. The Kier molecular flexibility index (Phi) is 13.0. The molecule has 1 spiro atoms. The molecule has 3 heterocycles. The number of hydrogen-bond acceptors (Lipinski definition) is 8. The summed E-state index contributed by atoms with van der Waals surface area (Å²) in [6.45, 7) is 15.3. The van der Waals surface area contributed by atoms with E-state index in [1.165, 1.54) is 12.0 Å². The first-order chi connectivity index (χ1) is 25.5. The minimum Gasteiger partial charge on any atom is -0.455 e. The van der Waals surface area contributed by atoms with E-state index in [4.69, 9.17) is 14.2 Å². The van der Waals surface area contributed by atoms with Gasteiger partial charge in [0.15, 0.2) is 0 Å². The van der Waals surface area contributed by atoms with Crippen LogP contribution in [0.2, 0.25) is 0 Å². The van der Waals surface area contributed by atoms with Crippen molar-refractivity contribution in [1.29, 1.82) is 0 Å². The number of carbonyl (C=O) groups excluding carboxylic acids is 4. The zero-order valence-electron chi connectivity index (χ0n) is 31.7. The van der Waals surface area contributed by atoms with Crippen LogP contribution in [-0.2, 0) is 33.4 Å². The Balaban J connectivity index is 1.57. The number of allylic oxidation sites excluding steroid dienone is 1. The number of anilines is 1.